The first kappa shape index (κ1) is 20.6. The van der Waals surface area contributed by atoms with Crippen LogP contribution in [0, 0.1) is 5.92 Å². The molecule has 2 aromatic carbocycles. The normalized spacial score (nSPS) is 19.6. The van der Waals surface area contributed by atoms with E-state index in [9.17, 15) is 0 Å². The van der Waals surface area contributed by atoms with E-state index in [4.69, 9.17) is 10.7 Å². The summed E-state index contributed by atoms with van der Waals surface area (Å²) in [5.41, 5.74) is 16.1. The van der Waals surface area contributed by atoms with Gasteiger partial charge in [-0.2, -0.15) is 0 Å². The van der Waals surface area contributed by atoms with Crippen LogP contribution in [0.15, 0.2) is 131 Å². The molecule has 4 bridgehead atoms. The minimum atomic E-state index is -0.225. The molecule has 4 heteroatoms. The highest BCUT2D eigenvalue weighted by Crippen LogP contribution is 2.54. The number of hydrogen-bond acceptors (Lipinski definition) is 4. The molecule has 3 N–H and O–H groups in total. The second-order valence-electron chi connectivity index (χ2n) is 9.55. The molecule has 0 aliphatic heterocycles. The molecule has 3 nitrogen and oxygen atoms in total. The van der Waals surface area contributed by atoms with Crippen molar-refractivity contribution in [3.05, 3.63) is 141 Å². The maximum atomic E-state index is 6.47. The third kappa shape index (κ3) is 3.25. The summed E-state index contributed by atoms with van der Waals surface area (Å²) in [5.74, 6) is 0.323. The molecule has 0 saturated carbocycles. The fourth-order valence-corrected chi connectivity index (χ4v) is 6.61. The predicted octanol–water partition coefficient (Wildman–Crippen LogP) is 6.69. The number of nitrogens with two attached hydrogens (primary N) is 1. The van der Waals surface area contributed by atoms with Gasteiger partial charge in [0.05, 0.1) is 17.3 Å². The third-order valence-corrected chi connectivity index (χ3v) is 8.47. The number of anilines is 1. The van der Waals surface area contributed by atoms with Gasteiger partial charge in [0, 0.05) is 22.5 Å². The summed E-state index contributed by atoms with van der Waals surface area (Å²) in [4.78, 5) is 4.87. The van der Waals surface area contributed by atoms with Crippen molar-refractivity contribution in [3.63, 3.8) is 0 Å². The van der Waals surface area contributed by atoms with Crippen molar-refractivity contribution in [1.82, 2.24) is 4.98 Å². The lowest BCUT2D eigenvalue weighted by molar-refractivity contribution is 0.559. The number of allylic oxidation sites excluding steroid dienone is 6. The monoisotopic (exact) mass is 471 g/mol. The minimum Gasteiger partial charge on any atom is -0.371 e. The van der Waals surface area contributed by atoms with Gasteiger partial charge in [0.1, 0.15) is 5.01 Å². The van der Waals surface area contributed by atoms with Crippen LogP contribution in [0.1, 0.15) is 16.6 Å². The summed E-state index contributed by atoms with van der Waals surface area (Å²) in [6.45, 7) is 0. The maximum Gasteiger partial charge on any atom is 0.110 e. The standard InChI is InChI=1S/C31H25N3S/c32-27(18-20-4-2-1-3-5-20)30-33-28(19-35-30)21-10-16-26(17-11-21)34-31(24-12-13-25(31)15-14-24)29-22-6-7-23(29)9-8-22/h1-17,19,27,29,34H,18,32H2. The lowest BCUT2D eigenvalue weighted by Gasteiger charge is -2.39. The first-order chi connectivity index (χ1) is 17.2. The van der Waals surface area contributed by atoms with Crippen LogP contribution in [0.25, 0.3) is 11.3 Å². The van der Waals surface area contributed by atoms with E-state index in [-0.39, 0.29) is 11.6 Å². The van der Waals surface area contributed by atoms with Crippen molar-refractivity contribution in [2.24, 2.45) is 11.7 Å². The van der Waals surface area contributed by atoms with Crippen LogP contribution in [0.2, 0.25) is 0 Å². The minimum absolute atomic E-state index is 0.0946. The van der Waals surface area contributed by atoms with Crippen molar-refractivity contribution < 1.29 is 0 Å². The zero-order valence-electron chi connectivity index (χ0n) is 19.2. The molecule has 0 amide bonds. The Morgan fingerprint density at radius 3 is 2.17 bits per heavy atom. The van der Waals surface area contributed by atoms with Crippen LogP contribution < -0.4 is 11.1 Å². The maximum absolute atomic E-state index is 6.47. The zero-order chi connectivity index (χ0) is 23.4. The molecule has 4 aliphatic carbocycles. The number of aromatic nitrogens is 1. The van der Waals surface area contributed by atoms with E-state index in [1.54, 1.807) is 11.3 Å². The molecule has 1 aromatic heterocycles. The smallest absolute Gasteiger partial charge is 0.110 e. The van der Waals surface area contributed by atoms with Gasteiger partial charge in [-0.3, -0.25) is 0 Å². The second kappa shape index (κ2) is 7.91. The Kier molecular flexibility index (Phi) is 4.66. The van der Waals surface area contributed by atoms with Gasteiger partial charge in [0.25, 0.3) is 0 Å². The molecule has 35 heavy (non-hydrogen) atoms. The molecule has 7 rings (SSSR count). The second-order valence-corrected chi connectivity index (χ2v) is 10.4. The van der Waals surface area contributed by atoms with Crippen LogP contribution in [0.3, 0.4) is 0 Å². The Morgan fingerprint density at radius 1 is 0.857 bits per heavy atom. The molecule has 0 radical (unpaired) electrons. The van der Waals surface area contributed by atoms with E-state index >= 15 is 0 Å². The number of fused-ring (bicyclic) bond motifs is 5. The van der Waals surface area contributed by atoms with Gasteiger partial charge in [-0.05, 0) is 46.4 Å². The van der Waals surface area contributed by atoms with Gasteiger partial charge in [-0.1, -0.05) is 91.1 Å². The zero-order valence-corrected chi connectivity index (χ0v) is 20.0. The largest absolute Gasteiger partial charge is 0.371 e. The molecular formula is C31H25N3S. The molecular weight excluding hydrogens is 446 g/mol. The summed E-state index contributed by atoms with van der Waals surface area (Å²) < 4.78 is 0. The van der Waals surface area contributed by atoms with E-state index in [1.165, 1.54) is 27.9 Å². The number of rotatable bonds is 7. The quantitative estimate of drug-likeness (QED) is 0.403. The summed E-state index contributed by atoms with van der Waals surface area (Å²) in [7, 11) is 0. The molecule has 1 unspecified atom stereocenters. The molecule has 170 valence electrons. The average Bonchev–Trinajstić information content (AvgIpc) is 3.73. The van der Waals surface area contributed by atoms with Crippen molar-refractivity contribution >= 4 is 17.0 Å². The van der Waals surface area contributed by atoms with Gasteiger partial charge >= 0.3 is 0 Å². The highest BCUT2D eigenvalue weighted by atomic mass is 32.1. The van der Waals surface area contributed by atoms with Gasteiger partial charge < -0.3 is 11.1 Å². The first-order valence-corrected chi connectivity index (χ1v) is 12.9. The van der Waals surface area contributed by atoms with E-state index in [0.29, 0.717) is 5.92 Å². The van der Waals surface area contributed by atoms with E-state index in [0.717, 1.165) is 28.4 Å². The Balaban J connectivity index is 1.12. The van der Waals surface area contributed by atoms with E-state index in [2.05, 4.69) is 108 Å². The van der Waals surface area contributed by atoms with Crippen molar-refractivity contribution in [2.75, 3.05) is 5.32 Å². The average molecular weight is 472 g/mol. The number of nitrogens with one attached hydrogen (secondary N) is 1. The summed E-state index contributed by atoms with van der Waals surface area (Å²) >= 11 is 1.64. The van der Waals surface area contributed by atoms with Crippen LogP contribution in [0.5, 0.6) is 0 Å². The number of thiazole rings is 1. The molecule has 3 aromatic rings. The van der Waals surface area contributed by atoms with E-state index in [1.807, 2.05) is 6.07 Å². The van der Waals surface area contributed by atoms with Gasteiger partial charge in [0.15, 0.2) is 0 Å². The van der Waals surface area contributed by atoms with Gasteiger partial charge in [-0.15, -0.1) is 11.3 Å². The van der Waals surface area contributed by atoms with Crippen LogP contribution in [0.4, 0.5) is 5.69 Å². The van der Waals surface area contributed by atoms with Gasteiger partial charge in [-0.25, -0.2) is 4.98 Å². The Morgan fingerprint density at radius 2 is 1.54 bits per heavy atom. The molecule has 1 heterocycles. The van der Waals surface area contributed by atoms with Crippen LogP contribution >= 0.6 is 11.3 Å². The Bertz CT molecular complexity index is 1450. The molecule has 4 aliphatic rings. The predicted molar refractivity (Wildman–Crippen MR) is 145 cm³/mol. The number of hydrogen-bond donors (Lipinski definition) is 2. The molecule has 0 saturated heterocycles. The van der Waals surface area contributed by atoms with E-state index < -0.39 is 0 Å². The summed E-state index contributed by atoms with van der Waals surface area (Å²) in [6.07, 6.45) is 18.8. The third-order valence-electron chi connectivity index (χ3n) is 7.49. The van der Waals surface area contributed by atoms with Crippen molar-refractivity contribution in [1.29, 1.82) is 0 Å². The Labute approximate surface area is 209 Å². The van der Waals surface area contributed by atoms with Crippen molar-refractivity contribution in [3.8, 4) is 11.3 Å². The Hall–Kier alpha value is -3.73. The van der Waals surface area contributed by atoms with Crippen LogP contribution in [-0.4, -0.2) is 10.5 Å². The fourth-order valence-electron chi connectivity index (χ4n) is 5.78. The number of nitrogens with zero attached hydrogens (tertiary/aromatic N) is 1. The molecule has 1 atom stereocenters. The topological polar surface area (TPSA) is 50.9 Å². The van der Waals surface area contributed by atoms with Crippen molar-refractivity contribution in [2.45, 2.75) is 18.0 Å². The van der Waals surface area contributed by atoms with Crippen LogP contribution in [-0.2, 0) is 6.42 Å². The lowest BCUT2D eigenvalue weighted by atomic mass is 9.74. The number of benzene rings is 2. The summed E-state index contributed by atoms with van der Waals surface area (Å²) in [6, 6.07) is 18.9. The molecule has 0 spiro atoms. The lowest BCUT2D eigenvalue weighted by Crippen LogP contribution is -2.45. The molecule has 0 fully saturated rings. The highest BCUT2D eigenvalue weighted by molar-refractivity contribution is 7.10. The van der Waals surface area contributed by atoms with Gasteiger partial charge in [0.2, 0.25) is 0 Å². The summed E-state index contributed by atoms with van der Waals surface area (Å²) in [5, 5.41) is 7.02. The fraction of sp³-hybridized carbons (Fsp3) is 0.129. The highest BCUT2D eigenvalue weighted by Gasteiger charge is 2.52. The first-order valence-electron chi connectivity index (χ1n) is 12.1. The SMILES string of the molecule is NC(Cc1ccccc1)c1nc(-c2ccc(NC3(C4C5=CC=C4C=C5)C4=CC=C3C=C4)cc2)cs1.